The number of hydrogen-bond acceptors (Lipinski definition) is 4. The van der Waals surface area contributed by atoms with Crippen LogP contribution in [0.25, 0.3) is 0 Å². The van der Waals surface area contributed by atoms with Gasteiger partial charge in [-0.25, -0.2) is 18.4 Å². The molecule has 0 aliphatic heterocycles. The predicted octanol–water partition coefficient (Wildman–Crippen LogP) is 2.68. The first-order valence-corrected chi connectivity index (χ1v) is 8.02. The summed E-state index contributed by atoms with van der Waals surface area (Å²) in [5.74, 6) is 0.0230. The van der Waals surface area contributed by atoms with Crippen molar-refractivity contribution in [3.63, 3.8) is 0 Å². The Morgan fingerprint density at radius 3 is 2.60 bits per heavy atom. The van der Waals surface area contributed by atoms with E-state index in [1.54, 1.807) is 0 Å². The number of hydrogen-bond donors (Lipinski definition) is 1. The highest BCUT2D eigenvalue weighted by Gasteiger charge is 2.17. The quantitative estimate of drug-likeness (QED) is 0.862. The fourth-order valence-corrected chi connectivity index (χ4v) is 3.31. The van der Waals surface area contributed by atoms with E-state index in [0.717, 1.165) is 5.56 Å². The molecule has 0 bridgehead atoms. The van der Waals surface area contributed by atoms with Crippen LogP contribution in [0.3, 0.4) is 0 Å². The van der Waals surface area contributed by atoms with Gasteiger partial charge in [-0.2, -0.15) is 0 Å². The third kappa shape index (κ3) is 4.18. The molecule has 1 unspecified atom stereocenters. The minimum atomic E-state index is -3.50. The predicted molar refractivity (Wildman–Crippen MR) is 79.3 cm³/mol. The van der Waals surface area contributed by atoms with Crippen LogP contribution >= 0.6 is 11.6 Å². The Labute approximate surface area is 123 Å². The van der Waals surface area contributed by atoms with Crippen LogP contribution < -0.4 is 4.72 Å². The molecular formula is C13H14ClN3O2S. The Morgan fingerprint density at radius 2 is 1.95 bits per heavy atom. The summed E-state index contributed by atoms with van der Waals surface area (Å²) >= 11 is 5.69. The van der Waals surface area contributed by atoms with Gasteiger partial charge in [0.1, 0.15) is 17.3 Å². The van der Waals surface area contributed by atoms with Gasteiger partial charge in [0.05, 0.1) is 5.75 Å². The van der Waals surface area contributed by atoms with Gasteiger partial charge in [-0.05, 0) is 11.5 Å². The second kappa shape index (κ2) is 6.19. The molecule has 1 atom stereocenters. The van der Waals surface area contributed by atoms with Crippen LogP contribution in [-0.4, -0.2) is 24.1 Å². The van der Waals surface area contributed by atoms with Crippen molar-refractivity contribution in [2.75, 3.05) is 10.5 Å². The molecule has 2 rings (SSSR count). The monoisotopic (exact) mass is 311 g/mol. The molecule has 1 N–H and O–H groups in total. The minimum absolute atomic E-state index is 0.0291. The van der Waals surface area contributed by atoms with Crippen LogP contribution in [-0.2, 0) is 10.0 Å². The summed E-state index contributed by atoms with van der Waals surface area (Å²) in [5, 5.41) is 0.189. The van der Waals surface area contributed by atoms with E-state index in [4.69, 9.17) is 11.6 Å². The third-order valence-electron chi connectivity index (χ3n) is 2.73. The molecule has 0 spiro atoms. The van der Waals surface area contributed by atoms with Crippen LogP contribution in [0.5, 0.6) is 0 Å². The van der Waals surface area contributed by atoms with Crippen LogP contribution in [0.2, 0.25) is 5.15 Å². The summed E-state index contributed by atoms with van der Waals surface area (Å²) in [6.45, 7) is 1.86. The van der Waals surface area contributed by atoms with Gasteiger partial charge in [-0.15, -0.1) is 0 Å². The van der Waals surface area contributed by atoms with Gasteiger partial charge in [0.2, 0.25) is 10.0 Å². The van der Waals surface area contributed by atoms with Crippen LogP contribution in [0.4, 0.5) is 5.82 Å². The summed E-state index contributed by atoms with van der Waals surface area (Å²) in [5.41, 5.74) is 0.971. The molecule has 0 aliphatic carbocycles. The summed E-state index contributed by atoms with van der Waals surface area (Å²) < 4.78 is 26.6. The molecule has 0 saturated heterocycles. The summed E-state index contributed by atoms with van der Waals surface area (Å²) in [7, 11) is -3.50. The molecular weight excluding hydrogens is 298 g/mol. The minimum Gasteiger partial charge on any atom is -0.267 e. The molecule has 2 aromatic rings. The Morgan fingerprint density at radius 1 is 1.25 bits per heavy atom. The fraction of sp³-hybridized carbons (Fsp3) is 0.231. The zero-order chi connectivity index (χ0) is 14.6. The summed E-state index contributed by atoms with van der Waals surface area (Å²) in [6, 6.07) is 10.8. The summed E-state index contributed by atoms with van der Waals surface area (Å²) in [4.78, 5) is 7.52. The van der Waals surface area contributed by atoms with Crippen molar-refractivity contribution in [3.05, 3.63) is 53.4 Å². The average molecular weight is 312 g/mol. The number of nitrogens with zero attached hydrogens (tertiary/aromatic N) is 2. The zero-order valence-electron chi connectivity index (χ0n) is 10.8. The van der Waals surface area contributed by atoms with Crippen molar-refractivity contribution in [2.45, 2.75) is 12.8 Å². The van der Waals surface area contributed by atoms with Gasteiger partial charge >= 0.3 is 0 Å². The topological polar surface area (TPSA) is 72.0 Å². The first-order chi connectivity index (χ1) is 9.46. The molecule has 7 heteroatoms. The lowest BCUT2D eigenvalue weighted by molar-refractivity contribution is 0.595. The smallest absolute Gasteiger partial charge is 0.234 e. The van der Waals surface area contributed by atoms with Crippen molar-refractivity contribution in [1.29, 1.82) is 0 Å². The third-order valence-corrected chi connectivity index (χ3v) is 4.40. The SMILES string of the molecule is CC(CS(=O)(=O)Nc1cc(Cl)ncn1)c1ccccc1. The number of aromatic nitrogens is 2. The molecule has 1 heterocycles. The van der Waals surface area contributed by atoms with E-state index in [1.807, 2.05) is 37.3 Å². The standard InChI is InChI=1S/C13H14ClN3O2S/c1-10(11-5-3-2-4-6-11)8-20(18,19)17-13-7-12(14)15-9-16-13/h2-7,9-10H,8H2,1H3,(H,15,16,17). The van der Waals surface area contributed by atoms with Crippen molar-refractivity contribution < 1.29 is 8.42 Å². The maximum atomic E-state index is 12.1. The molecule has 5 nitrogen and oxygen atoms in total. The van der Waals surface area contributed by atoms with Gasteiger partial charge in [0.25, 0.3) is 0 Å². The largest absolute Gasteiger partial charge is 0.267 e. The highest BCUT2D eigenvalue weighted by atomic mass is 35.5. The fourth-order valence-electron chi connectivity index (χ4n) is 1.80. The lowest BCUT2D eigenvalue weighted by atomic mass is 10.0. The molecule has 20 heavy (non-hydrogen) atoms. The Balaban J connectivity index is 2.08. The highest BCUT2D eigenvalue weighted by Crippen LogP contribution is 2.18. The molecule has 0 aliphatic rings. The Hall–Kier alpha value is -1.66. The normalized spacial score (nSPS) is 12.9. The van der Waals surface area contributed by atoms with Gasteiger partial charge < -0.3 is 0 Å². The molecule has 0 saturated carbocycles. The van der Waals surface area contributed by atoms with Crippen LogP contribution in [0.15, 0.2) is 42.7 Å². The maximum absolute atomic E-state index is 12.1. The lowest BCUT2D eigenvalue weighted by Crippen LogP contribution is -2.21. The second-order valence-electron chi connectivity index (χ2n) is 4.42. The number of nitrogens with one attached hydrogen (secondary N) is 1. The van der Waals surface area contributed by atoms with Crippen LogP contribution in [0.1, 0.15) is 18.4 Å². The molecule has 106 valence electrons. The van der Waals surface area contributed by atoms with Crippen molar-refractivity contribution in [2.24, 2.45) is 0 Å². The molecule has 0 amide bonds. The van der Waals surface area contributed by atoms with E-state index < -0.39 is 10.0 Å². The van der Waals surface area contributed by atoms with Gasteiger partial charge in [-0.3, -0.25) is 4.72 Å². The number of benzene rings is 1. The Kier molecular flexibility index (Phi) is 4.57. The average Bonchev–Trinajstić information content (AvgIpc) is 2.38. The number of rotatable bonds is 5. The second-order valence-corrected chi connectivity index (χ2v) is 6.58. The zero-order valence-corrected chi connectivity index (χ0v) is 12.4. The number of anilines is 1. The van der Waals surface area contributed by atoms with Gasteiger partial charge in [0.15, 0.2) is 0 Å². The van der Waals surface area contributed by atoms with E-state index >= 15 is 0 Å². The van der Waals surface area contributed by atoms with E-state index in [1.165, 1.54) is 12.4 Å². The van der Waals surface area contributed by atoms with Gasteiger partial charge in [-0.1, -0.05) is 48.9 Å². The first-order valence-electron chi connectivity index (χ1n) is 5.99. The van der Waals surface area contributed by atoms with Gasteiger partial charge in [0, 0.05) is 6.07 Å². The Bertz CT molecular complexity index is 677. The van der Waals surface area contributed by atoms with E-state index in [0.29, 0.717) is 0 Å². The molecule has 1 aromatic carbocycles. The van der Waals surface area contributed by atoms with E-state index in [2.05, 4.69) is 14.7 Å². The molecule has 1 aromatic heterocycles. The molecule has 0 fully saturated rings. The highest BCUT2D eigenvalue weighted by molar-refractivity contribution is 7.92. The summed E-state index contributed by atoms with van der Waals surface area (Å²) in [6.07, 6.45) is 1.21. The maximum Gasteiger partial charge on any atom is 0.234 e. The van der Waals surface area contributed by atoms with Crippen LogP contribution in [0, 0.1) is 0 Å². The van der Waals surface area contributed by atoms with E-state index in [-0.39, 0.29) is 22.6 Å². The number of sulfonamides is 1. The van der Waals surface area contributed by atoms with Crippen molar-refractivity contribution in [3.8, 4) is 0 Å². The lowest BCUT2D eigenvalue weighted by Gasteiger charge is -2.13. The molecule has 0 radical (unpaired) electrons. The van der Waals surface area contributed by atoms with E-state index in [9.17, 15) is 8.42 Å². The van der Waals surface area contributed by atoms with Crippen molar-refractivity contribution >= 4 is 27.4 Å². The first kappa shape index (κ1) is 14.7. The number of halogens is 1. The van der Waals surface area contributed by atoms with Crippen molar-refractivity contribution in [1.82, 2.24) is 9.97 Å².